The molecule has 0 unspecified atom stereocenters. The van der Waals surface area contributed by atoms with Crippen LogP contribution in [0.1, 0.15) is 63.5 Å². The van der Waals surface area contributed by atoms with Gasteiger partial charge in [0, 0.05) is 38.5 Å². The molecule has 1 aromatic rings. The van der Waals surface area contributed by atoms with E-state index in [1.807, 2.05) is 0 Å². The lowest BCUT2D eigenvalue weighted by atomic mass is 9.98. The Hall–Kier alpha value is 0.600. The van der Waals surface area contributed by atoms with Crippen LogP contribution in [0.2, 0.25) is 0 Å². The van der Waals surface area contributed by atoms with Gasteiger partial charge >= 0.3 is 0 Å². The van der Waals surface area contributed by atoms with E-state index in [9.17, 15) is 0 Å². The van der Waals surface area contributed by atoms with Crippen LogP contribution in [0, 0.1) is 0 Å². The highest BCUT2D eigenvalue weighted by molar-refractivity contribution is 5.27. The lowest BCUT2D eigenvalue weighted by molar-refractivity contribution is -0.915. The summed E-state index contributed by atoms with van der Waals surface area (Å²) in [7, 11) is 0. The Morgan fingerprint density at radius 1 is 0.643 bits per heavy atom. The Kier molecular flexibility index (Phi) is 12.5. The van der Waals surface area contributed by atoms with Crippen molar-refractivity contribution in [2.75, 3.05) is 52.4 Å². The van der Waals surface area contributed by atoms with Crippen molar-refractivity contribution in [3.8, 4) is 0 Å². The molecular formula is C24H42I2N2. The van der Waals surface area contributed by atoms with Crippen LogP contribution in [-0.2, 0) is 12.8 Å². The molecule has 0 radical (unpaired) electrons. The van der Waals surface area contributed by atoms with Crippen LogP contribution < -0.4 is 48.0 Å². The number of likely N-dealkylation sites (tertiary alicyclic amines) is 2. The Morgan fingerprint density at radius 3 is 1.32 bits per heavy atom. The van der Waals surface area contributed by atoms with Gasteiger partial charge in [0.25, 0.3) is 0 Å². The van der Waals surface area contributed by atoms with E-state index in [-0.39, 0.29) is 48.0 Å². The summed E-state index contributed by atoms with van der Waals surface area (Å²) in [5.41, 5.74) is 3.26. The van der Waals surface area contributed by atoms with Gasteiger partial charge in [0.2, 0.25) is 0 Å². The molecule has 0 saturated carbocycles. The second-order valence-corrected chi connectivity index (χ2v) is 9.05. The number of aryl methyl sites for hydroxylation is 2. The molecule has 0 aliphatic carbocycles. The average Bonchev–Trinajstić information content (AvgIpc) is 3.34. The van der Waals surface area contributed by atoms with E-state index in [4.69, 9.17) is 0 Å². The number of halogens is 2. The summed E-state index contributed by atoms with van der Waals surface area (Å²) in [6.45, 7) is 15.9. The molecule has 3 rings (SSSR count). The van der Waals surface area contributed by atoms with Crippen molar-refractivity contribution in [1.29, 1.82) is 0 Å². The van der Waals surface area contributed by atoms with Crippen molar-refractivity contribution >= 4 is 0 Å². The standard InChI is InChI=1S/C24H42N2.2HI/c1-3-25(17-7-8-18-25)21-11-15-23-13-5-6-14-24(23)16-12-22-26(4-2)19-9-10-20-26;;/h5-6,13-14H,3-4,7-12,15-22H2,1-2H3;2*1H/q+2;;/p-2. The fourth-order valence-electron chi connectivity index (χ4n) is 5.66. The molecule has 2 saturated heterocycles. The van der Waals surface area contributed by atoms with Gasteiger partial charge in [-0.05, 0) is 37.8 Å². The molecule has 4 heteroatoms. The second-order valence-electron chi connectivity index (χ2n) is 9.05. The zero-order valence-corrected chi connectivity index (χ0v) is 22.6. The van der Waals surface area contributed by atoms with Gasteiger partial charge in [-0.2, -0.15) is 0 Å². The third-order valence-electron chi connectivity index (χ3n) is 7.65. The van der Waals surface area contributed by atoms with Crippen LogP contribution in [0.3, 0.4) is 0 Å². The largest absolute Gasteiger partial charge is 1.00 e. The Bertz CT molecular complexity index is 500. The molecule has 0 bridgehead atoms. The highest BCUT2D eigenvalue weighted by atomic mass is 127. The lowest BCUT2D eigenvalue weighted by Gasteiger charge is -2.33. The minimum Gasteiger partial charge on any atom is -1.00 e. The van der Waals surface area contributed by atoms with E-state index >= 15 is 0 Å². The van der Waals surface area contributed by atoms with Gasteiger partial charge in [0.05, 0.1) is 52.4 Å². The van der Waals surface area contributed by atoms with Crippen molar-refractivity contribution in [2.45, 2.75) is 65.2 Å². The molecule has 2 aliphatic heterocycles. The van der Waals surface area contributed by atoms with Crippen molar-refractivity contribution < 1.29 is 56.9 Å². The fraction of sp³-hybridized carbons (Fsp3) is 0.750. The SMILES string of the molecule is CC[N+]1(CCCc2ccccc2CCC[N+]2(CC)CCCC2)CCCC1.[I-].[I-]. The first-order valence-corrected chi connectivity index (χ1v) is 11.5. The third-order valence-corrected chi connectivity index (χ3v) is 7.65. The average molecular weight is 612 g/mol. The smallest absolute Gasteiger partial charge is 0.0789 e. The van der Waals surface area contributed by atoms with E-state index in [0.717, 1.165) is 0 Å². The number of quaternary nitrogens is 2. The van der Waals surface area contributed by atoms with E-state index in [0.29, 0.717) is 0 Å². The van der Waals surface area contributed by atoms with Gasteiger partial charge in [0.15, 0.2) is 0 Å². The molecule has 2 nitrogen and oxygen atoms in total. The minimum atomic E-state index is 0. The first-order valence-electron chi connectivity index (χ1n) is 11.5. The number of rotatable bonds is 10. The van der Waals surface area contributed by atoms with E-state index < -0.39 is 0 Å². The molecule has 2 aliphatic rings. The summed E-state index contributed by atoms with van der Waals surface area (Å²) < 4.78 is 2.78. The van der Waals surface area contributed by atoms with Crippen molar-refractivity contribution in [3.63, 3.8) is 0 Å². The molecule has 162 valence electrons. The van der Waals surface area contributed by atoms with Gasteiger partial charge in [0.1, 0.15) is 0 Å². The number of nitrogens with zero attached hydrogens (tertiary/aromatic N) is 2. The summed E-state index contributed by atoms with van der Waals surface area (Å²) in [5.74, 6) is 0. The van der Waals surface area contributed by atoms with E-state index in [2.05, 4.69) is 38.1 Å². The molecule has 2 fully saturated rings. The Balaban J connectivity index is 0.00000196. The topological polar surface area (TPSA) is 0 Å². The quantitative estimate of drug-likeness (QED) is 0.231. The van der Waals surface area contributed by atoms with Crippen LogP contribution in [0.4, 0.5) is 0 Å². The van der Waals surface area contributed by atoms with Crippen LogP contribution in [-0.4, -0.2) is 61.3 Å². The summed E-state index contributed by atoms with van der Waals surface area (Å²) in [4.78, 5) is 0. The highest BCUT2D eigenvalue weighted by Gasteiger charge is 2.30. The van der Waals surface area contributed by atoms with Gasteiger partial charge in [-0.25, -0.2) is 0 Å². The first-order chi connectivity index (χ1) is 12.7. The Morgan fingerprint density at radius 2 is 1.00 bits per heavy atom. The van der Waals surface area contributed by atoms with Crippen LogP contribution in [0.5, 0.6) is 0 Å². The van der Waals surface area contributed by atoms with Crippen molar-refractivity contribution in [1.82, 2.24) is 0 Å². The van der Waals surface area contributed by atoms with Crippen LogP contribution in [0.15, 0.2) is 24.3 Å². The summed E-state index contributed by atoms with van der Waals surface area (Å²) in [6, 6.07) is 9.30. The fourth-order valence-corrected chi connectivity index (χ4v) is 5.66. The van der Waals surface area contributed by atoms with Gasteiger partial charge in [-0.3, -0.25) is 0 Å². The molecule has 2 heterocycles. The minimum absolute atomic E-state index is 0. The maximum absolute atomic E-state index is 2.40. The highest BCUT2D eigenvalue weighted by Crippen LogP contribution is 2.23. The maximum Gasteiger partial charge on any atom is 0.0789 e. The normalized spacial score (nSPS) is 19.8. The van der Waals surface area contributed by atoms with Crippen LogP contribution >= 0.6 is 0 Å². The van der Waals surface area contributed by atoms with Gasteiger partial charge < -0.3 is 56.9 Å². The number of benzene rings is 1. The summed E-state index contributed by atoms with van der Waals surface area (Å²) >= 11 is 0. The predicted octanol–water partition coefficient (Wildman–Crippen LogP) is -1.18. The van der Waals surface area contributed by atoms with E-state index in [1.165, 1.54) is 113 Å². The number of hydrogen-bond donors (Lipinski definition) is 0. The molecule has 0 spiro atoms. The molecule has 0 atom stereocenters. The van der Waals surface area contributed by atoms with Gasteiger partial charge in [-0.15, -0.1) is 0 Å². The third kappa shape index (κ3) is 7.09. The predicted molar refractivity (Wildman–Crippen MR) is 112 cm³/mol. The first kappa shape index (κ1) is 26.6. The molecular weight excluding hydrogens is 570 g/mol. The molecule has 1 aromatic carbocycles. The van der Waals surface area contributed by atoms with Gasteiger partial charge in [-0.1, -0.05) is 24.3 Å². The summed E-state index contributed by atoms with van der Waals surface area (Å²) in [5, 5.41) is 0. The van der Waals surface area contributed by atoms with Crippen molar-refractivity contribution in [2.24, 2.45) is 0 Å². The monoisotopic (exact) mass is 612 g/mol. The van der Waals surface area contributed by atoms with Crippen LogP contribution in [0.25, 0.3) is 0 Å². The second kappa shape index (κ2) is 13.1. The zero-order valence-electron chi connectivity index (χ0n) is 18.3. The molecule has 0 aromatic heterocycles. The Labute approximate surface area is 208 Å². The molecule has 0 N–H and O–H groups in total. The lowest BCUT2D eigenvalue weighted by Crippen LogP contribution is -3.00. The maximum atomic E-state index is 2.40. The summed E-state index contributed by atoms with van der Waals surface area (Å²) in [6.07, 6.45) is 11.1. The molecule has 0 amide bonds. The molecule has 28 heavy (non-hydrogen) atoms. The van der Waals surface area contributed by atoms with Crippen molar-refractivity contribution in [3.05, 3.63) is 35.4 Å². The van der Waals surface area contributed by atoms with E-state index in [1.54, 1.807) is 11.1 Å². The number of hydrogen-bond acceptors (Lipinski definition) is 0. The zero-order chi connectivity index (χ0) is 18.3.